The molecular formula is C27H28Cl2N4O4. The Morgan fingerprint density at radius 2 is 1.86 bits per heavy atom. The van der Waals surface area contributed by atoms with Crippen molar-refractivity contribution < 1.29 is 18.9 Å². The number of hydrogen-bond acceptors (Lipinski definition) is 7. The second kappa shape index (κ2) is 10.2. The van der Waals surface area contributed by atoms with Gasteiger partial charge < -0.3 is 19.0 Å². The molecule has 1 aliphatic carbocycles. The van der Waals surface area contributed by atoms with Crippen molar-refractivity contribution in [2.45, 2.75) is 51.0 Å². The van der Waals surface area contributed by atoms with E-state index >= 15 is 0 Å². The van der Waals surface area contributed by atoms with Crippen LogP contribution in [0.25, 0.3) is 11.3 Å². The van der Waals surface area contributed by atoms with Crippen molar-refractivity contribution >= 4 is 35.0 Å². The molecule has 1 unspecified atom stereocenters. The highest BCUT2D eigenvalue weighted by Crippen LogP contribution is 2.46. The molecule has 6 rings (SSSR count). The van der Waals surface area contributed by atoms with Crippen LogP contribution in [0.4, 0.5) is 10.5 Å². The quantitative estimate of drug-likeness (QED) is 0.367. The number of nitrogens with zero attached hydrogens (tertiary/aromatic N) is 2. The van der Waals surface area contributed by atoms with E-state index < -0.39 is 6.09 Å². The molecule has 1 saturated carbocycles. The molecule has 3 fully saturated rings. The lowest BCUT2D eigenvalue weighted by Crippen LogP contribution is -2.43. The van der Waals surface area contributed by atoms with Crippen LogP contribution in [-0.4, -0.2) is 30.4 Å². The number of nitrogens with one attached hydrogen (secondary N) is 2. The molecule has 3 aromatic rings. The molecule has 3 atom stereocenters. The number of rotatable bonds is 7. The smallest absolute Gasteiger partial charge is 0.373 e. The number of piperidine rings is 1. The monoisotopic (exact) mass is 542 g/mol. The first-order valence-corrected chi connectivity index (χ1v) is 13.4. The molecular weight excluding hydrogens is 515 g/mol. The van der Waals surface area contributed by atoms with Gasteiger partial charge in [-0.1, -0.05) is 53.5 Å². The Hall–Kier alpha value is -2.78. The maximum Gasteiger partial charge on any atom is 0.427 e. The van der Waals surface area contributed by atoms with Gasteiger partial charge in [-0.3, -0.25) is 5.32 Å². The molecule has 37 heavy (non-hydrogen) atoms. The van der Waals surface area contributed by atoms with Gasteiger partial charge in [-0.2, -0.15) is 0 Å². The Labute approximate surface area is 225 Å². The maximum absolute atomic E-state index is 11.3. The summed E-state index contributed by atoms with van der Waals surface area (Å²) in [5.74, 6) is 1.62. The summed E-state index contributed by atoms with van der Waals surface area (Å²) in [5.41, 5.74) is 7.10. The number of carbonyl (C=O) groups excluding carboxylic acids is 1. The Balaban J connectivity index is 1.12. The zero-order chi connectivity index (χ0) is 25.5. The Bertz CT molecular complexity index is 1270. The van der Waals surface area contributed by atoms with Gasteiger partial charge in [-0.25, -0.2) is 4.79 Å². The van der Waals surface area contributed by atoms with Gasteiger partial charge in [-0.05, 0) is 55.0 Å². The van der Waals surface area contributed by atoms with Crippen LogP contribution in [0.1, 0.15) is 55.2 Å². The summed E-state index contributed by atoms with van der Waals surface area (Å²) >= 11 is 13.0. The fourth-order valence-corrected chi connectivity index (χ4v) is 5.74. The van der Waals surface area contributed by atoms with Crippen LogP contribution in [0.15, 0.2) is 47.0 Å². The van der Waals surface area contributed by atoms with Crippen molar-refractivity contribution in [1.82, 2.24) is 16.0 Å². The maximum atomic E-state index is 11.3. The number of amides is 1. The van der Waals surface area contributed by atoms with Crippen molar-refractivity contribution in [3.05, 3.63) is 69.4 Å². The predicted molar refractivity (Wildman–Crippen MR) is 140 cm³/mol. The zero-order valence-electron chi connectivity index (χ0n) is 20.4. The Kier molecular flexibility index (Phi) is 6.75. The van der Waals surface area contributed by atoms with E-state index in [9.17, 15) is 4.79 Å². The van der Waals surface area contributed by atoms with Crippen LogP contribution >= 0.6 is 23.2 Å². The average Bonchev–Trinajstić information content (AvgIpc) is 3.51. The second-order valence-electron chi connectivity index (χ2n) is 9.98. The summed E-state index contributed by atoms with van der Waals surface area (Å²) < 4.78 is 12.3. The van der Waals surface area contributed by atoms with Crippen LogP contribution in [0.5, 0.6) is 0 Å². The summed E-state index contributed by atoms with van der Waals surface area (Å²) in [6.07, 6.45) is 2.42. The number of benzene rings is 2. The van der Waals surface area contributed by atoms with Gasteiger partial charge >= 0.3 is 6.09 Å². The lowest BCUT2D eigenvalue weighted by atomic mass is 9.95. The van der Waals surface area contributed by atoms with Crippen molar-refractivity contribution in [3.8, 4) is 11.3 Å². The van der Waals surface area contributed by atoms with Crippen molar-refractivity contribution in [2.75, 3.05) is 18.0 Å². The van der Waals surface area contributed by atoms with Crippen molar-refractivity contribution in [1.29, 1.82) is 0 Å². The molecule has 3 aliphatic rings. The number of aromatic nitrogens is 1. The number of ether oxygens (including phenoxy) is 1. The highest BCUT2D eigenvalue weighted by atomic mass is 35.5. The van der Waals surface area contributed by atoms with E-state index in [1.54, 1.807) is 0 Å². The molecule has 1 amide bonds. The van der Waals surface area contributed by atoms with Crippen LogP contribution in [0.3, 0.4) is 0 Å². The van der Waals surface area contributed by atoms with E-state index in [1.165, 1.54) is 0 Å². The van der Waals surface area contributed by atoms with E-state index in [0.717, 1.165) is 54.9 Å². The van der Waals surface area contributed by atoms with Gasteiger partial charge in [0.25, 0.3) is 0 Å². The number of hydroxylamine groups is 1. The molecule has 2 N–H and O–H groups in total. The first-order valence-electron chi connectivity index (χ1n) is 12.6. The molecule has 2 saturated heterocycles. The number of hydrogen-bond donors (Lipinski definition) is 2. The molecule has 194 valence electrons. The van der Waals surface area contributed by atoms with E-state index in [1.807, 2.05) is 30.3 Å². The molecule has 10 heteroatoms. The summed E-state index contributed by atoms with van der Waals surface area (Å²) in [6.45, 7) is 4.41. The number of anilines is 1. The Morgan fingerprint density at radius 1 is 1.11 bits per heavy atom. The van der Waals surface area contributed by atoms with Crippen LogP contribution < -0.4 is 15.7 Å². The standard InChI is InChI=1S/C27H28Cl2N4O4/c1-15-13-33(18-9-7-17(8-10-18)26-30-27(34)37-32-26)12-11-22(15)35-14-19-24(31-36-25(19)16-5-6-16)23-20(28)3-2-4-21(23)29/h2-4,7-10,15-16,22,26,32H,5-6,11-14H2,1H3,(H,30,34)/t15-,22-,26?/m1/s1. The summed E-state index contributed by atoms with van der Waals surface area (Å²) in [5, 5.41) is 8.19. The lowest BCUT2D eigenvalue weighted by Gasteiger charge is -2.38. The van der Waals surface area contributed by atoms with Gasteiger partial charge in [0.05, 0.1) is 22.8 Å². The van der Waals surface area contributed by atoms with Gasteiger partial charge in [-0.15, -0.1) is 5.48 Å². The fraction of sp³-hybridized carbons (Fsp3) is 0.407. The van der Waals surface area contributed by atoms with Crippen molar-refractivity contribution in [2.24, 2.45) is 5.92 Å². The molecule has 1 aromatic heterocycles. The van der Waals surface area contributed by atoms with Crippen LogP contribution in [-0.2, 0) is 16.2 Å². The molecule has 0 radical (unpaired) electrons. The molecule has 2 aliphatic heterocycles. The highest BCUT2D eigenvalue weighted by molar-refractivity contribution is 6.39. The minimum Gasteiger partial charge on any atom is -0.373 e. The van der Waals surface area contributed by atoms with Gasteiger partial charge in [0.2, 0.25) is 0 Å². The van der Waals surface area contributed by atoms with Crippen molar-refractivity contribution in [3.63, 3.8) is 0 Å². The zero-order valence-corrected chi connectivity index (χ0v) is 21.9. The molecule has 0 spiro atoms. The minimum absolute atomic E-state index is 0.113. The normalized spacial score (nSPS) is 23.7. The summed E-state index contributed by atoms with van der Waals surface area (Å²) in [4.78, 5) is 18.4. The predicted octanol–water partition coefficient (Wildman–Crippen LogP) is 6.20. The third-order valence-corrected chi connectivity index (χ3v) is 7.99. The third-order valence-electron chi connectivity index (χ3n) is 7.36. The molecule has 0 bridgehead atoms. The van der Waals surface area contributed by atoms with E-state index in [0.29, 0.717) is 39.7 Å². The largest absolute Gasteiger partial charge is 0.427 e. The first-order chi connectivity index (χ1) is 18.0. The molecule has 3 heterocycles. The first kappa shape index (κ1) is 24.6. The topological polar surface area (TPSA) is 88.9 Å². The van der Waals surface area contributed by atoms with E-state index in [-0.39, 0.29) is 12.3 Å². The lowest BCUT2D eigenvalue weighted by molar-refractivity contribution is -0.00534. The summed E-state index contributed by atoms with van der Waals surface area (Å²) in [7, 11) is 0. The summed E-state index contributed by atoms with van der Waals surface area (Å²) in [6, 6.07) is 13.6. The fourth-order valence-electron chi connectivity index (χ4n) is 5.16. The number of carbonyl (C=O) groups is 1. The third kappa shape index (κ3) is 5.03. The van der Waals surface area contributed by atoms with Gasteiger partial charge in [0.1, 0.15) is 17.6 Å². The minimum atomic E-state index is -0.470. The van der Waals surface area contributed by atoms with Gasteiger partial charge in [0, 0.05) is 35.8 Å². The van der Waals surface area contributed by atoms with E-state index in [4.69, 9.17) is 37.3 Å². The Morgan fingerprint density at radius 3 is 2.51 bits per heavy atom. The average molecular weight is 543 g/mol. The SMILES string of the molecule is C[C@@H]1CN(c2ccc(C3NOC(=O)N3)cc2)CC[C@H]1OCc1c(-c2c(Cl)cccc2Cl)noc1C1CC1. The van der Waals surface area contributed by atoms with E-state index in [2.05, 4.69) is 39.9 Å². The second-order valence-corrected chi connectivity index (χ2v) is 10.8. The van der Waals surface area contributed by atoms with Gasteiger partial charge in [0.15, 0.2) is 0 Å². The molecule has 8 nitrogen and oxygen atoms in total. The highest BCUT2D eigenvalue weighted by Gasteiger charge is 2.35. The van der Waals surface area contributed by atoms with Crippen LogP contribution in [0.2, 0.25) is 10.0 Å². The molecule has 2 aromatic carbocycles. The van der Waals surface area contributed by atoms with Crippen LogP contribution in [0, 0.1) is 5.92 Å². The number of halogens is 2.